The number of carboxylic acids is 1. The van der Waals surface area contributed by atoms with Gasteiger partial charge in [0.2, 0.25) is 0 Å². The number of hydrogen-bond donors (Lipinski definition) is 1. The van der Waals surface area contributed by atoms with Crippen molar-refractivity contribution < 1.29 is 14.6 Å². The summed E-state index contributed by atoms with van der Waals surface area (Å²) in [6.45, 7) is 0.740. The van der Waals surface area contributed by atoms with Crippen molar-refractivity contribution in [3.8, 4) is 5.75 Å². The van der Waals surface area contributed by atoms with Crippen LogP contribution in [0.4, 0.5) is 0 Å². The molecule has 2 unspecified atom stereocenters. The Bertz CT molecular complexity index is 796. The van der Waals surface area contributed by atoms with Crippen molar-refractivity contribution in [3.05, 3.63) is 62.5 Å². The molecule has 1 fully saturated rings. The monoisotopic (exact) mass is 481 g/mol. The van der Waals surface area contributed by atoms with Crippen LogP contribution in [-0.2, 0) is 4.79 Å². The molecule has 2 aromatic carbocycles. The molecule has 0 aliphatic carbocycles. The van der Waals surface area contributed by atoms with E-state index < -0.39 is 12.0 Å². The molecule has 0 amide bonds. The summed E-state index contributed by atoms with van der Waals surface area (Å²) < 4.78 is 7.52. The van der Waals surface area contributed by atoms with E-state index >= 15 is 0 Å². The van der Waals surface area contributed by atoms with Gasteiger partial charge >= 0.3 is 5.97 Å². The van der Waals surface area contributed by atoms with E-state index in [-0.39, 0.29) is 6.04 Å². The summed E-state index contributed by atoms with van der Waals surface area (Å²) in [6.07, 6.45) is 2.59. The topological polar surface area (TPSA) is 49.8 Å². The SMILES string of the molecule is COc1ccc(Br)cc1C(c1cccc(Br)c1)N1CCCCC1C(=O)O. The standard InChI is InChI=1S/C20H21Br2NO3/c1-26-18-9-8-15(22)12-16(18)19(13-5-4-6-14(21)11-13)23-10-3-2-7-17(23)20(24)25/h4-6,8-9,11-12,17,19H,2-3,7,10H2,1H3,(H,24,25). The van der Waals surface area contributed by atoms with Crippen LogP contribution in [0.2, 0.25) is 0 Å². The maximum absolute atomic E-state index is 11.9. The van der Waals surface area contributed by atoms with Crippen molar-refractivity contribution in [1.82, 2.24) is 4.90 Å². The predicted octanol–water partition coefficient (Wildman–Crippen LogP) is 5.25. The first kappa shape index (κ1) is 19.4. The number of hydrogen-bond acceptors (Lipinski definition) is 3. The van der Waals surface area contributed by atoms with Gasteiger partial charge in [-0.3, -0.25) is 9.69 Å². The third-order valence-electron chi connectivity index (χ3n) is 4.81. The fourth-order valence-electron chi connectivity index (χ4n) is 3.67. The molecule has 3 rings (SSSR count). The molecule has 0 bridgehead atoms. The minimum absolute atomic E-state index is 0.193. The quantitative estimate of drug-likeness (QED) is 0.632. The highest BCUT2D eigenvalue weighted by Crippen LogP contribution is 2.40. The number of rotatable bonds is 5. The number of halogens is 2. The van der Waals surface area contributed by atoms with Gasteiger partial charge in [-0.15, -0.1) is 0 Å². The molecule has 1 heterocycles. The Morgan fingerprint density at radius 1 is 1.19 bits per heavy atom. The van der Waals surface area contributed by atoms with Crippen molar-refractivity contribution in [2.75, 3.05) is 13.7 Å². The Balaban J connectivity index is 2.17. The number of carboxylic acid groups (broad SMARTS) is 1. The summed E-state index contributed by atoms with van der Waals surface area (Å²) in [5, 5.41) is 9.80. The molecular formula is C20H21Br2NO3. The lowest BCUT2D eigenvalue weighted by Gasteiger charge is -2.40. The summed E-state index contributed by atoms with van der Waals surface area (Å²) in [5.74, 6) is -0.00783. The molecular weight excluding hydrogens is 462 g/mol. The van der Waals surface area contributed by atoms with Crippen LogP contribution >= 0.6 is 31.9 Å². The number of ether oxygens (including phenoxy) is 1. The van der Waals surface area contributed by atoms with Gasteiger partial charge < -0.3 is 9.84 Å². The molecule has 138 valence electrons. The van der Waals surface area contributed by atoms with Gasteiger partial charge in [0.25, 0.3) is 0 Å². The zero-order valence-corrected chi connectivity index (χ0v) is 17.7. The average Bonchev–Trinajstić information content (AvgIpc) is 2.62. The average molecular weight is 483 g/mol. The summed E-state index contributed by atoms with van der Waals surface area (Å²) in [4.78, 5) is 14.0. The van der Waals surface area contributed by atoms with Gasteiger partial charge in [0, 0.05) is 14.5 Å². The Morgan fingerprint density at radius 2 is 1.96 bits per heavy atom. The molecule has 1 N–H and O–H groups in total. The third kappa shape index (κ3) is 4.13. The first-order valence-corrected chi connectivity index (χ1v) is 10.2. The van der Waals surface area contributed by atoms with Gasteiger partial charge in [0.15, 0.2) is 0 Å². The van der Waals surface area contributed by atoms with E-state index in [1.54, 1.807) is 7.11 Å². The third-order valence-corrected chi connectivity index (χ3v) is 5.80. The van der Waals surface area contributed by atoms with Gasteiger partial charge in [-0.05, 0) is 55.3 Å². The zero-order valence-electron chi connectivity index (χ0n) is 14.5. The zero-order chi connectivity index (χ0) is 18.7. The summed E-state index contributed by atoms with van der Waals surface area (Å²) in [5.41, 5.74) is 2.01. The van der Waals surface area contributed by atoms with Gasteiger partial charge in [-0.1, -0.05) is 50.4 Å². The van der Waals surface area contributed by atoms with E-state index in [2.05, 4.69) is 42.8 Å². The molecule has 0 spiro atoms. The van der Waals surface area contributed by atoms with Crippen molar-refractivity contribution in [2.24, 2.45) is 0 Å². The number of aliphatic carboxylic acids is 1. The second-order valence-corrected chi connectivity index (χ2v) is 8.26. The maximum Gasteiger partial charge on any atom is 0.320 e. The molecule has 6 heteroatoms. The van der Waals surface area contributed by atoms with E-state index in [9.17, 15) is 9.90 Å². The highest BCUT2D eigenvalue weighted by molar-refractivity contribution is 9.10. The molecule has 1 aliphatic rings. The first-order chi connectivity index (χ1) is 12.5. The molecule has 0 aromatic heterocycles. The second kappa shape index (κ2) is 8.55. The van der Waals surface area contributed by atoms with Crippen LogP contribution in [0.1, 0.15) is 36.4 Å². The van der Waals surface area contributed by atoms with Crippen molar-refractivity contribution >= 4 is 37.8 Å². The lowest BCUT2D eigenvalue weighted by molar-refractivity contribution is -0.145. The molecule has 1 aliphatic heterocycles. The highest BCUT2D eigenvalue weighted by Gasteiger charge is 2.36. The number of likely N-dealkylation sites (tertiary alicyclic amines) is 1. The fraction of sp³-hybridized carbons (Fsp3) is 0.350. The number of nitrogens with zero attached hydrogens (tertiary/aromatic N) is 1. The van der Waals surface area contributed by atoms with Crippen LogP contribution in [0, 0.1) is 0 Å². The Hall–Kier alpha value is -1.37. The van der Waals surface area contributed by atoms with E-state index in [4.69, 9.17) is 4.74 Å². The number of benzene rings is 2. The van der Waals surface area contributed by atoms with Gasteiger partial charge in [0.05, 0.1) is 13.2 Å². The number of piperidine rings is 1. The van der Waals surface area contributed by atoms with Crippen LogP contribution < -0.4 is 4.74 Å². The van der Waals surface area contributed by atoms with Crippen LogP contribution in [0.5, 0.6) is 5.75 Å². The molecule has 4 nitrogen and oxygen atoms in total. The van der Waals surface area contributed by atoms with E-state index in [1.807, 2.05) is 36.4 Å². The molecule has 1 saturated heterocycles. The number of carbonyl (C=O) groups is 1. The molecule has 0 saturated carbocycles. The summed E-state index contributed by atoms with van der Waals surface area (Å²) >= 11 is 7.10. The predicted molar refractivity (Wildman–Crippen MR) is 109 cm³/mol. The second-order valence-electron chi connectivity index (χ2n) is 6.43. The van der Waals surface area contributed by atoms with Crippen molar-refractivity contribution in [1.29, 1.82) is 0 Å². The lowest BCUT2D eigenvalue weighted by atomic mass is 9.91. The Labute approximate surface area is 170 Å². The molecule has 2 atom stereocenters. The normalized spacial score (nSPS) is 19.1. The summed E-state index contributed by atoms with van der Waals surface area (Å²) in [7, 11) is 1.65. The van der Waals surface area contributed by atoms with E-state index in [0.717, 1.165) is 45.2 Å². The van der Waals surface area contributed by atoms with Crippen LogP contribution in [0.3, 0.4) is 0 Å². The first-order valence-electron chi connectivity index (χ1n) is 8.58. The maximum atomic E-state index is 11.9. The van der Waals surface area contributed by atoms with Gasteiger partial charge in [-0.25, -0.2) is 0 Å². The molecule has 2 aromatic rings. The van der Waals surface area contributed by atoms with Crippen molar-refractivity contribution in [2.45, 2.75) is 31.3 Å². The minimum Gasteiger partial charge on any atom is -0.496 e. The summed E-state index contributed by atoms with van der Waals surface area (Å²) in [6, 6.07) is 13.2. The van der Waals surface area contributed by atoms with E-state index in [1.165, 1.54) is 0 Å². The van der Waals surface area contributed by atoms with Crippen molar-refractivity contribution in [3.63, 3.8) is 0 Å². The van der Waals surface area contributed by atoms with Gasteiger partial charge in [0.1, 0.15) is 11.8 Å². The largest absolute Gasteiger partial charge is 0.496 e. The van der Waals surface area contributed by atoms with E-state index in [0.29, 0.717) is 6.42 Å². The van der Waals surface area contributed by atoms with Crippen LogP contribution in [0.15, 0.2) is 51.4 Å². The molecule has 0 radical (unpaired) electrons. The van der Waals surface area contributed by atoms with Gasteiger partial charge in [-0.2, -0.15) is 0 Å². The number of methoxy groups -OCH3 is 1. The smallest absolute Gasteiger partial charge is 0.320 e. The Kier molecular flexibility index (Phi) is 6.37. The lowest BCUT2D eigenvalue weighted by Crippen LogP contribution is -2.46. The van der Waals surface area contributed by atoms with Crippen LogP contribution in [-0.4, -0.2) is 35.7 Å². The van der Waals surface area contributed by atoms with Crippen LogP contribution in [0.25, 0.3) is 0 Å². The Morgan fingerprint density at radius 3 is 2.65 bits per heavy atom. The minimum atomic E-state index is -0.765. The molecule has 26 heavy (non-hydrogen) atoms. The fourth-order valence-corrected chi connectivity index (χ4v) is 4.47. The highest BCUT2D eigenvalue weighted by atomic mass is 79.9.